The van der Waals surface area contributed by atoms with Gasteiger partial charge in [0, 0.05) is 17.4 Å². The van der Waals surface area contributed by atoms with E-state index in [0.717, 1.165) is 26.5 Å². The fraction of sp³-hybridized carbons (Fsp3) is 0.0526. The number of anilines is 1. The zero-order valence-electron chi connectivity index (χ0n) is 13.4. The van der Waals surface area contributed by atoms with Crippen LogP contribution in [0.1, 0.15) is 16.2 Å². The molecule has 1 amide bonds. The van der Waals surface area contributed by atoms with Crippen LogP contribution in [-0.4, -0.2) is 20.9 Å². The van der Waals surface area contributed by atoms with Crippen LogP contribution in [0.25, 0.3) is 20.8 Å². The van der Waals surface area contributed by atoms with E-state index < -0.39 is 0 Å². The van der Waals surface area contributed by atoms with E-state index in [1.807, 2.05) is 49.4 Å². The van der Waals surface area contributed by atoms with Crippen LogP contribution in [0.4, 0.5) is 5.69 Å². The lowest BCUT2D eigenvalue weighted by Gasteiger charge is -2.05. The van der Waals surface area contributed by atoms with Crippen molar-refractivity contribution in [2.45, 2.75) is 6.92 Å². The number of aromatic nitrogens is 3. The number of amides is 1. The van der Waals surface area contributed by atoms with E-state index in [9.17, 15) is 4.79 Å². The van der Waals surface area contributed by atoms with Crippen LogP contribution >= 0.6 is 11.3 Å². The molecule has 0 aliphatic heterocycles. The Morgan fingerprint density at radius 3 is 2.52 bits per heavy atom. The first kappa shape index (κ1) is 15.4. The molecule has 0 spiro atoms. The second-order valence-corrected chi connectivity index (χ2v) is 6.59. The van der Waals surface area contributed by atoms with Crippen LogP contribution in [0.5, 0.6) is 0 Å². The molecule has 2 aromatic carbocycles. The molecule has 2 heterocycles. The number of carbonyl (C=O) groups is 1. The molecule has 0 saturated heterocycles. The highest BCUT2D eigenvalue weighted by atomic mass is 32.1. The number of aryl methyl sites for hydroxylation is 1. The smallest absolute Gasteiger partial charge is 0.275 e. The maximum absolute atomic E-state index is 12.2. The molecule has 25 heavy (non-hydrogen) atoms. The topological polar surface area (TPSA) is 67.8 Å². The molecule has 0 aliphatic carbocycles. The second-order valence-electron chi connectivity index (χ2n) is 5.56. The Labute approximate surface area is 148 Å². The molecule has 0 aliphatic rings. The maximum atomic E-state index is 12.2. The zero-order chi connectivity index (χ0) is 17.2. The van der Waals surface area contributed by atoms with Gasteiger partial charge in [-0.05, 0) is 43.3 Å². The maximum Gasteiger partial charge on any atom is 0.275 e. The SMILES string of the molecule is Cc1cnc(C(=O)Nc2ccc(-c3nc4ccccc4s3)cc2)cn1. The molecule has 0 atom stereocenters. The molecule has 0 saturated carbocycles. The largest absolute Gasteiger partial charge is 0.321 e. The number of rotatable bonds is 3. The van der Waals surface area contributed by atoms with Crippen molar-refractivity contribution in [2.24, 2.45) is 0 Å². The Balaban J connectivity index is 1.53. The number of nitrogens with one attached hydrogen (secondary N) is 1. The van der Waals surface area contributed by atoms with Crippen molar-refractivity contribution in [3.8, 4) is 10.6 Å². The minimum absolute atomic E-state index is 0.278. The van der Waals surface area contributed by atoms with Gasteiger partial charge in [-0.2, -0.15) is 0 Å². The number of fused-ring (bicyclic) bond motifs is 1. The standard InChI is InChI=1S/C19H14N4OS/c1-12-10-21-16(11-20-12)18(24)22-14-8-6-13(7-9-14)19-23-15-4-2-3-5-17(15)25-19/h2-11H,1H3,(H,22,24). The molecule has 2 aromatic heterocycles. The van der Waals surface area contributed by atoms with Gasteiger partial charge in [0.2, 0.25) is 0 Å². The second kappa shape index (κ2) is 6.41. The first-order valence-electron chi connectivity index (χ1n) is 7.75. The minimum Gasteiger partial charge on any atom is -0.321 e. The highest BCUT2D eigenvalue weighted by molar-refractivity contribution is 7.21. The lowest BCUT2D eigenvalue weighted by Crippen LogP contribution is -2.14. The van der Waals surface area contributed by atoms with Gasteiger partial charge in [-0.1, -0.05) is 12.1 Å². The van der Waals surface area contributed by atoms with Crippen LogP contribution in [0.3, 0.4) is 0 Å². The monoisotopic (exact) mass is 346 g/mol. The lowest BCUT2D eigenvalue weighted by molar-refractivity contribution is 0.102. The Hall–Kier alpha value is -3.12. The summed E-state index contributed by atoms with van der Waals surface area (Å²) in [4.78, 5) is 25.0. The third kappa shape index (κ3) is 3.25. The molecule has 6 heteroatoms. The van der Waals surface area contributed by atoms with Gasteiger partial charge in [0.25, 0.3) is 5.91 Å². The van der Waals surface area contributed by atoms with E-state index in [4.69, 9.17) is 0 Å². The van der Waals surface area contributed by atoms with Gasteiger partial charge in [0.05, 0.1) is 22.1 Å². The summed E-state index contributed by atoms with van der Waals surface area (Å²) >= 11 is 1.65. The fourth-order valence-electron chi connectivity index (χ4n) is 2.40. The average molecular weight is 346 g/mol. The Morgan fingerprint density at radius 1 is 1.00 bits per heavy atom. The summed E-state index contributed by atoms with van der Waals surface area (Å²) in [6.07, 6.45) is 3.05. The van der Waals surface area contributed by atoms with Crippen LogP contribution in [0, 0.1) is 6.92 Å². The summed E-state index contributed by atoms with van der Waals surface area (Å²) < 4.78 is 1.16. The number of thiazole rings is 1. The predicted octanol–water partition coefficient (Wildman–Crippen LogP) is 4.31. The summed E-state index contributed by atoms with van der Waals surface area (Å²) in [5.41, 5.74) is 3.79. The molecule has 0 fully saturated rings. The van der Waals surface area contributed by atoms with E-state index in [1.54, 1.807) is 17.5 Å². The van der Waals surface area contributed by atoms with E-state index in [-0.39, 0.29) is 5.91 Å². The highest BCUT2D eigenvalue weighted by Gasteiger charge is 2.09. The number of nitrogens with zero attached hydrogens (tertiary/aromatic N) is 3. The molecule has 122 valence electrons. The fourth-order valence-corrected chi connectivity index (χ4v) is 3.37. The van der Waals surface area contributed by atoms with Gasteiger partial charge in [0.15, 0.2) is 0 Å². The third-order valence-electron chi connectivity index (χ3n) is 3.70. The highest BCUT2D eigenvalue weighted by Crippen LogP contribution is 2.30. The van der Waals surface area contributed by atoms with Crippen molar-refractivity contribution in [1.82, 2.24) is 15.0 Å². The third-order valence-corrected chi connectivity index (χ3v) is 4.78. The summed E-state index contributed by atoms with van der Waals surface area (Å²) in [5, 5.41) is 3.79. The van der Waals surface area contributed by atoms with Crippen molar-refractivity contribution in [1.29, 1.82) is 0 Å². The first-order chi connectivity index (χ1) is 12.2. The molecule has 1 N–H and O–H groups in total. The van der Waals surface area contributed by atoms with Crippen molar-refractivity contribution in [2.75, 3.05) is 5.32 Å². The van der Waals surface area contributed by atoms with Crippen LogP contribution in [-0.2, 0) is 0 Å². The molecule has 0 radical (unpaired) electrons. The molecule has 5 nitrogen and oxygen atoms in total. The van der Waals surface area contributed by atoms with Gasteiger partial charge in [-0.3, -0.25) is 9.78 Å². The Kier molecular flexibility index (Phi) is 3.95. The lowest BCUT2D eigenvalue weighted by atomic mass is 10.2. The van der Waals surface area contributed by atoms with E-state index in [2.05, 4.69) is 26.3 Å². The minimum atomic E-state index is -0.278. The van der Waals surface area contributed by atoms with E-state index >= 15 is 0 Å². The number of hydrogen-bond acceptors (Lipinski definition) is 5. The van der Waals surface area contributed by atoms with Gasteiger partial charge in [-0.25, -0.2) is 9.97 Å². The van der Waals surface area contributed by atoms with Crippen LogP contribution in [0.2, 0.25) is 0 Å². The van der Waals surface area contributed by atoms with Gasteiger partial charge in [-0.15, -0.1) is 11.3 Å². The molecule has 0 unspecified atom stereocenters. The number of benzene rings is 2. The van der Waals surface area contributed by atoms with Crippen LogP contribution in [0.15, 0.2) is 60.9 Å². The van der Waals surface area contributed by atoms with E-state index in [1.165, 1.54) is 6.20 Å². The Bertz CT molecular complexity index is 1010. The Morgan fingerprint density at radius 2 is 1.80 bits per heavy atom. The molecule has 4 aromatic rings. The van der Waals surface area contributed by atoms with Gasteiger partial charge in [0.1, 0.15) is 10.7 Å². The number of para-hydroxylation sites is 1. The predicted molar refractivity (Wildman–Crippen MR) is 99.8 cm³/mol. The van der Waals surface area contributed by atoms with Gasteiger partial charge < -0.3 is 5.32 Å². The normalized spacial score (nSPS) is 10.8. The van der Waals surface area contributed by atoms with Gasteiger partial charge >= 0.3 is 0 Å². The van der Waals surface area contributed by atoms with E-state index in [0.29, 0.717) is 11.4 Å². The zero-order valence-corrected chi connectivity index (χ0v) is 14.2. The number of carbonyl (C=O) groups excluding carboxylic acids is 1. The van der Waals surface area contributed by atoms with Crippen molar-refractivity contribution in [3.05, 3.63) is 72.3 Å². The van der Waals surface area contributed by atoms with Crippen LogP contribution < -0.4 is 5.32 Å². The summed E-state index contributed by atoms with van der Waals surface area (Å²) in [7, 11) is 0. The summed E-state index contributed by atoms with van der Waals surface area (Å²) in [5.74, 6) is -0.278. The van der Waals surface area contributed by atoms with Crippen molar-refractivity contribution < 1.29 is 4.79 Å². The quantitative estimate of drug-likeness (QED) is 0.600. The van der Waals surface area contributed by atoms with Crippen molar-refractivity contribution >= 4 is 33.1 Å². The summed E-state index contributed by atoms with van der Waals surface area (Å²) in [6.45, 7) is 1.83. The number of hydrogen-bond donors (Lipinski definition) is 1. The molecule has 0 bridgehead atoms. The summed E-state index contributed by atoms with van der Waals surface area (Å²) in [6, 6.07) is 15.7. The molecule has 4 rings (SSSR count). The molecular weight excluding hydrogens is 332 g/mol. The molecular formula is C19H14N4OS. The van der Waals surface area contributed by atoms with Crippen molar-refractivity contribution in [3.63, 3.8) is 0 Å². The first-order valence-corrected chi connectivity index (χ1v) is 8.57. The average Bonchev–Trinajstić information content (AvgIpc) is 3.07.